The Hall–Kier alpha value is -4.07. The van der Waals surface area contributed by atoms with E-state index in [-0.39, 0.29) is 0 Å². The van der Waals surface area contributed by atoms with E-state index in [4.69, 9.17) is 24.9 Å². The molecule has 0 atom stereocenters. The third kappa shape index (κ3) is 3.63. The zero-order valence-electron chi connectivity index (χ0n) is 17.6. The summed E-state index contributed by atoms with van der Waals surface area (Å²) in [5.41, 5.74) is 9.78. The van der Waals surface area contributed by atoms with E-state index in [0.29, 0.717) is 52.2 Å². The Kier molecular flexibility index (Phi) is 5.44. The van der Waals surface area contributed by atoms with Crippen molar-refractivity contribution in [2.45, 2.75) is 6.54 Å². The van der Waals surface area contributed by atoms with Crippen molar-refractivity contribution in [1.29, 1.82) is 0 Å². The number of benzene rings is 2. The second-order valence-electron chi connectivity index (χ2n) is 6.83. The van der Waals surface area contributed by atoms with Crippen LogP contribution < -0.4 is 19.9 Å². The summed E-state index contributed by atoms with van der Waals surface area (Å²) in [7, 11) is 4.71. The highest BCUT2D eigenvalue weighted by Crippen LogP contribution is 2.41. The van der Waals surface area contributed by atoms with Gasteiger partial charge in [0.05, 0.1) is 27.9 Å². The van der Waals surface area contributed by atoms with E-state index in [1.165, 1.54) is 6.33 Å². The first-order valence-electron chi connectivity index (χ1n) is 9.57. The average molecular weight is 417 g/mol. The molecule has 158 valence electrons. The fraction of sp³-hybridized carbons (Fsp3) is 0.174. The van der Waals surface area contributed by atoms with Crippen molar-refractivity contribution in [3.8, 4) is 17.2 Å². The number of nitrogens with two attached hydrogens (primary N) is 1. The molecule has 2 aromatic carbocycles. The predicted octanol–water partition coefficient (Wildman–Crippen LogP) is 3.54. The molecule has 0 unspecified atom stereocenters. The first kappa shape index (κ1) is 20.2. The number of nitrogen functional groups attached to an aromatic ring is 1. The quantitative estimate of drug-likeness (QED) is 0.491. The van der Waals surface area contributed by atoms with Crippen LogP contribution in [0.4, 0.5) is 5.82 Å². The molecule has 4 rings (SSSR count). The molecule has 8 heteroatoms. The third-order valence-corrected chi connectivity index (χ3v) is 5.03. The van der Waals surface area contributed by atoms with Gasteiger partial charge in [-0.3, -0.25) is 0 Å². The highest BCUT2D eigenvalue weighted by atomic mass is 16.5. The van der Waals surface area contributed by atoms with Crippen molar-refractivity contribution in [2.75, 3.05) is 27.1 Å². The molecule has 2 aromatic heterocycles. The molecule has 0 bridgehead atoms. The summed E-state index contributed by atoms with van der Waals surface area (Å²) in [4.78, 5) is 13.3. The molecular formula is C23H23N5O3. The van der Waals surface area contributed by atoms with E-state index in [1.807, 2.05) is 47.0 Å². The van der Waals surface area contributed by atoms with Gasteiger partial charge in [-0.25, -0.2) is 15.0 Å². The molecule has 0 spiro atoms. The molecule has 2 heterocycles. The van der Waals surface area contributed by atoms with Gasteiger partial charge in [0, 0.05) is 5.57 Å². The summed E-state index contributed by atoms with van der Waals surface area (Å²) in [5, 5.41) is 0. The number of ether oxygens (including phenoxy) is 3. The van der Waals surface area contributed by atoms with Gasteiger partial charge in [-0.05, 0) is 23.3 Å². The van der Waals surface area contributed by atoms with Crippen LogP contribution in [0.1, 0.15) is 17.0 Å². The van der Waals surface area contributed by atoms with Crippen molar-refractivity contribution >= 4 is 22.6 Å². The van der Waals surface area contributed by atoms with E-state index in [9.17, 15) is 0 Å². The van der Waals surface area contributed by atoms with Crippen LogP contribution in [-0.4, -0.2) is 40.8 Å². The Bertz CT molecular complexity index is 1230. The maximum Gasteiger partial charge on any atom is 0.203 e. The van der Waals surface area contributed by atoms with E-state index in [0.717, 1.165) is 11.1 Å². The molecule has 0 amide bonds. The largest absolute Gasteiger partial charge is 0.493 e. The Morgan fingerprint density at radius 2 is 1.68 bits per heavy atom. The number of nitrogens with zero attached hydrogens (tertiary/aromatic N) is 4. The monoisotopic (exact) mass is 417 g/mol. The van der Waals surface area contributed by atoms with Gasteiger partial charge in [0.2, 0.25) is 5.75 Å². The minimum absolute atomic E-state index is 0.316. The summed E-state index contributed by atoms with van der Waals surface area (Å²) in [5.74, 6) is 2.51. The van der Waals surface area contributed by atoms with E-state index in [2.05, 4.69) is 16.5 Å². The van der Waals surface area contributed by atoms with Gasteiger partial charge in [-0.2, -0.15) is 0 Å². The Balaban J connectivity index is 1.89. The van der Waals surface area contributed by atoms with Gasteiger partial charge >= 0.3 is 0 Å². The van der Waals surface area contributed by atoms with Crippen LogP contribution >= 0.6 is 0 Å². The van der Waals surface area contributed by atoms with Crippen LogP contribution in [0.25, 0.3) is 16.7 Å². The minimum Gasteiger partial charge on any atom is -0.493 e. The third-order valence-electron chi connectivity index (χ3n) is 5.03. The molecule has 0 aliphatic carbocycles. The SMILES string of the molecule is C=C(c1cc(OC)c(OC)c(OC)c1)c1nc2c(N)ncnc2n1Cc1ccccc1. The zero-order valence-corrected chi connectivity index (χ0v) is 17.6. The van der Waals surface area contributed by atoms with Crippen LogP contribution in [0.15, 0.2) is 55.4 Å². The highest BCUT2D eigenvalue weighted by molar-refractivity contribution is 5.87. The molecule has 8 nitrogen and oxygen atoms in total. The van der Waals surface area contributed by atoms with Crippen LogP contribution in [-0.2, 0) is 6.54 Å². The van der Waals surface area contributed by atoms with Gasteiger partial charge in [0.25, 0.3) is 0 Å². The zero-order chi connectivity index (χ0) is 22.0. The van der Waals surface area contributed by atoms with E-state index >= 15 is 0 Å². The second kappa shape index (κ2) is 8.35. The lowest BCUT2D eigenvalue weighted by molar-refractivity contribution is 0.324. The van der Waals surface area contributed by atoms with Gasteiger partial charge in [-0.15, -0.1) is 0 Å². The molecule has 0 saturated heterocycles. The number of aromatic nitrogens is 4. The fourth-order valence-electron chi connectivity index (χ4n) is 3.48. The Morgan fingerprint density at radius 3 is 2.29 bits per heavy atom. The second-order valence-corrected chi connectivity index (χ2v) is 6.83. The molecule has 0 aliphatic heterocycles. The maximum atomic E-state index is 6.09. The van der Waals surface area contributed by atoms with Crippen molar-refractivity contribution in [3.05, 3.63) is 72.3 Å². The van der Waals surface area contributed by atoms with Gasteiger partial charge in [0.1, 0.15) is 12.2 Å². The average Bonchev–Trinajstić information content (AvgIpc) is 3.17. The number of hydrogen-bond donors (Lipinski definition) is 1. The Morgan fingerprint density at radius 1 is 1.00 bits per heavy atom. The van der Waals surface area contributed by atoms with Crippen LogP contribution in [0, 0.1) is 0 Å². The molecule has 31 heavy (non-hydrogen) atoms. The summed E-state index contributed by atoms with van der Waals surface area (Å²) < 4.78 is 18.4. The summed E-state index contributed by atoms with van der Waals surface area (Å²) in [6, 6.07) is 13.7. The molecule has 2 N–H and O–H groups in total. The van der Waals surface area contributed by atoms with E-state index in [1.54, 1.807) is 21.3 Å². The topological polar surface area (TPSA) is 97.3 Å². The number of anilines is 1. The molecule has 4 aromatic rings. The number of hydrogen-bond acceptors (Lipinski definition) is 7. The maximum absolute atomic E-state index is 6.09. The van der Waals surface area contributed by atoms with Gasteiger partial charge in [0.15, 0.2) is 28.5 Å². The first-order valence-corrected chi connectivity index (χ1v) is 9.57. The minimum atomic E-state index is 0.316. The summed E-state index contributed by atoms with van der Waals surface area (Å²) >= 11 is 0. The standard InChI is InChI=1S/C23H23N5O3/c1-14(16-10-17(29-2)20(31-4)18(11-16)30-3)22-27-19-21(24)25-13-26-23(19)28(22)12-15-8-6-5-7-9-15/h5-11,13H,1,12H2,2-4H3,(H2,24,25,26). The first-order chi connectivity index (χ1) is 15.1. The summed E-state index contributed by atoms with van der Waals surface area (Å²) in [6.07, 6.45) is 1.44. The molecule has 0 fully saturated rings. The van der Waals surface area contributed by atoms with Gasteiger partial charge < -0.3 is 24.5 Å². The molecular weight excluding hydrogens is 394 g/mol. The highest BCUT2D eigenvalue weighted by Gasteiger charge is 2.21. The molecule has 0 saturated carbocycles. The number of rotatable bonds is 7. The number of imidazole rings is 1. The van der Waals surface area contributed by atoms with Crippen LogP contribution in [0.3, 0.4) is 0 Å². The van der Waals surface area contributed by atoms with Crippen molar-refractivity contribution in [2.24, 2.45) is 0 Å². The van der Waals surface area contributed by atoms with E-state index < -0.39 is 0 Å². The van der Waals surface area contributed by atoms with Crippen LogP contribution in [0.2, 0.25) is 0 Å². The predicted molar refractivity (Wildman–Crippen MR) is 120 cm³/mol. The fourth-order valence-corrected chi connectivity index (χ4v) is 3.48. The van der Waals surface area contributed by atoms with Crippen molar-refractivity contribution < 1.29 is 14.2 Å². The van der Waals surface area contributed by atoms with Gasteiger partial charge in [-0.1, -0.05) is 36.9 Å². The number of methoxy groups -OCH3 is 3. The smallest absolute Gasteiger partial charge is 0.203 e. The molecule has 0 aliphatic rings. The lowest BCUT2D eigenvalue weighted by Gasteiger charge is -2.16. The normalized spacial score (nSPS) is 10.8. The number of fused-ring (bicyclic) bond motifs is 1. The van der Waals surface area contributed by atoms with Crippen LogP contribution in [0.5, 0.6) is 17.2 Å². The lowest BCUT2D eigenvalue weighted by Crippen LogP contribution is -2.06. The summed E-state index contributed by atoms with van der Waals surface area (Å²) in [6.45, 7) is 4.85. The van der Waals surface area contributed by atoms with Crippen molar-refractivity contribution in [3.63, 3.8) is 0 Å². The Labute approximate surface area is 179 Å². The molecule has 0 radical (unpaired) electrons. The van der Waals surface area contributed by atoms with Crippen molar-refractivity contribution in [1.82, 2.24) is 19.5 Å². The lowest BCUT2D eigenvalue weighted by atomic mass is 10.1.